The molecule has 12 rings (SSSR count). The Kier molecular flexibility index (Phi) is 19.1. The molecule has 3 aromatic carbocycles. The van der Waals surface area contributed by atoms with Gasteiger partial charge in [-0.1, -0.05) is 80.3 Å². The second-order valence-corrected chi connectivity index (χ2v) is 28.5. The number of aliphatic hydroxyl groups is 1. The summed E-state index contributed by atoms with van der Waals surface area (Å²) >= 11 is 4.47. The minimum atomic E-state index is -1.12. The van der Waals surface area contributed by atoms with E-state index in [2.05, 4.69) is 89.0 Å². The van der Waals surface area contributed by atoms with Crippen LogP contribution in [0, 0.1) is 48.8 Å². The van der Waals surface area contributed by atoms with E-state index >= 15 is 4.39 Å². The number of epoxide rings is 1. The molecule has 0 radical (unpaired) electrons. The quantitative estimate of drug-likeness (QED) is 0.0287. The lowest BCUT2D eigenvalue weighted by molar-refractivity contribution is -0.142. The maximum Gasteiger partial charge on any atom is 0.355 e. The molecular formula is C67H77FN12O8S3. The fraction of sp³-hybridized carbons (Fsp3) is 0.478. The van der Waals surface area contributed by atoms with Crippen LogP contribution in [0.1, 0.15) is 122 Å². The highest BCUT2D eigenvalue weighted by Crippen LogP contribution is 2.41. The molecule has 5 aliphatic rings. The van der Waals surface area contributed by atoms with Gasteiger partial charge in [0.1, 0.15) is 18.4 Å². The molecule has 1 aliphatic carbocycles. The van der Waals surface area contributed by atoms with Crippen LogP contribution in [-0.4, -0.2) is 157 Å². The number of aromatic carboxylic acids is 1. The number of carbonyl (C=O) groups is 4. The Morgan fingerprint density at radius 1 is 0.934 bits per heavy atom. The number of piperazine rings is 1. The molecule has 8 heterocycles. The number of rotatable bonds is 19. The van der Waals surface area contributed by atoms with Gasteiger partial charge in [0, 0.05) is 78.7 Å². The number of amides is 3. The van der Waals surface area contributed by atoms with E-state index < -0.39 is 29.3 Å². The number of aryl methyl sites for hydroxylation is 2. The number of β-amino-alcohol motifs (C(OH)–C–C–N with tert-alkyl or cyclic N) is 1. The molecule has 5 N–H and O–H groups in total. The number of para-hydroxylation sites is 1. The summed E-state index contributed by atoms with van der Waals surface area (Å²) < 4.78 is 28.4. The molecule has 3 saturated heterocycles. The standard InChI is InChI=1S/C67H77FN12O8S3/c1-38-47-13-10-28-79(59(47)76-75-58(38)74-65-71-49-14-7-8-15-52(49)90-65)66-72-54(64(85)86)53(91-66)16-11-33-87-51-26-17-41(34-48(51)68)12-9-27-77-29-31-78(32-30-77)62(83)45-24-22-44(23-25-45)60(82)73-57(67(4,5)6)63(84)80-36-46(81)35-50(80)55-61(88-55)70-39(2)42-18-20-43(21-19-42)56-40(3)69-37-89-56/h7-8,14-15,17-21,26,34,37,39,44-46,50,55,57,61,70,81H,10-11,13,16,22-25,27-33,35-36H2,1-6H3,(H,73,82)(H,85,86)(H,71,74,75)/t39-,44?,45?,46+,50-,55?,57+,61?/m0/s1. The Morgan fingerprint density at radius 3 is 2.43 bits per heavy atom. The van der Waals surface area contributed by atoms with Gasteiger partial charge >= 0.3 is 5.97 Å². The zero-order chi connectivity index (χ0) is 63.7. The van der Waals surface area contributed by atoms with E-state index in [0.29, 0.717) is 111 Å². The monoisotopic (exact) mass is 1290 g/mol. The summed E-state index contributed by atoms with van der Waals surface area (Å²) in [5, 5.41) is 41.5. The Balaban J connectivity index is 0.562. The number of carboxylic acids is 1. The summed E-state index contributed by atoms with van der Waals surface area (Å²) in [6.07, 6.45) is 3.76. The van der Waals surface area contributed by atoms with Crippen molar-refractivity contribution in [3.8, 4) is 28.0 Å². The molecule has 3 amide bonds. The number of likely N-dealkylation sites (tertiary alicyclic amines) is 1. The molecule has 4 aromatic heterocycles. The molecule has 0 bridgehead atoms. The number of aromatic nitrogens is 5. The largest absolute Gasteiger partial charge is 0.491 e. The predicted molar refractivity (Wildman–Crippen MR) is 350 cm³/mol. The van der Waals surface area contributed by atoms with Crippen LogP contribution in [0.2, 0.25) is 0 Å². The van der Waals surface area contributed by atoms with Crippen LogP contribution in [-0.2, 0) is 32.0 Å². The Labute approximate surface area is 541 Å². The smallest absolute Gasteiger partial charge is 0.355 e. The summed E-state index contributed by atoms with van der Waals surface area (Å²) in [4.78, 5) is 77.9. The molecule has 91 heavy (non-hydrogen) atoms. The van der Waals surface area contributed by atoms with Crippen LogP contribution in [0.4, 0.5) is 26.3 Å². The molecule has 7 aromatic rings. The van der Waals surface area contributed by atoms with Crippen molar-refractivity contribution in [1.82, 2.24) is 50.5 Å². The topological polar surface area (TPSA) is 244 Å². The van der Waals surface area contributed by atoms with Crippen LogP contribution in [0.15, 0.2) is 72.2 Å². The molecule has 0 spiro atoms. The normalized spacial score (nSPS) is 21.6. The number of ether oxygens (including phenoxy) is 2. The van der Waals surface area contributed by atoms with E-state index in [-0.39, 0.29) is 78.6 Å². The zero-order valence-electron chi connectivity index (χ0n) is 52.0. The summed E-state index contributed by atoms with van der Waals surface area (Å²) in [5.74, 6) is 5.10. The first-order chi connectivity index (χ1) is 43.8. The highest BCUT2D eigenvalue weighted by Gasteiger charge is 2.54. The van der Waals surface area contributed by atoms with Crippen LogP contribution < -0.4 is 25.6 Å². The number of carboxylic acid groups (broad SMARTS) is 1. The average Bonchev–Trinajstić information content (AvgIpc) is 1.68. The Hall–Kier alpha value is -7.50. The van der Waals surface area contributed by atoms with Crippen molar-refractivity contribution in [3.05, 3.63) is 117 Å². The van der Waals surface area contributed by atoms with Gasteiger partial charge in [-0.2, -0.15) is 0 Å². The Bertz CT molecular complexity index is 3850. The first kappa shape index (κ1) is 63.6. The lowest BCUT2D eigenvalue weighted by Crippen LogP contribution is -2.57. The number of nitrogens with zero attached hydrogens (tertiary/aromatic N) is 9. The number of hydrogen-bond donors (Lipinski definition) is 5. The highest BCUT2D eigenvalue weighted by atomic mass is 32.1. The summed E-state index contributed by atoms with van der Waals surface area (Å²) in [5.41, 5.74) is 7.84. The summed E-state index contributed by atoms with van der Waals surface area (Å²) in [6, 6.07) is 19.8. The summed E-state index contributed by atoms with van der Waals surface area (Å²) in [7, 11) is 0. The number of anilines is 4. The maximum absolute atomic E-state index is 15.4. The van der Waals surface area contributed by atoms with E-state index in [1.165, 1.54) is 17.4 Å². The minimum Gasteiger partial charge on any atom is -0.491 e. The summed E-state index contributed by atoms with van der Waals surface area (Å²) in [6.45, 7) is 15.7. The number of halogens is 1. The minimum absolute atomic E-state index is 0.0198. The predicted octanol–water partition coefficient (Wildman–Crippen LogP) is 9.83. The number of aliphatic hydroxyl groups excluding tert-OH is 1. The third kappa shape index (κ3) is 14.4. The van der Waals surface area contributed by atoms with E-state index in [9.17, 15) is 29.4 Å². The number of nitrogens with one attached hydrogen (secondary N) is 3. The first-order valence-electron chi connectivity index (χ1n) is 31.5. The van der Waals surface area contributed by atoms with Crippen LogP contribution >= 0.6 is 34.0 Å². The molecular weight excluding hydrogens is 1220 g/mol. The molecule has 2 unspecified atom stereocenters. The molecule has 6 atom stereocenters. The van der Waals surface area contributed by atoms with E-state index in [4.69, 9.17) is 9.47 Å². The van der Waals surface area contributed by atoms with Gasteiger partial charge in [0.15, 0.2) is 39.2 Å². The molecule has 4 fully saturated rings. The lowest BCUT2D eigenvalue weighted by Gasteiger charge is -2.38. The fourth-order valence-electron chi connectivity index (χ4n) is 12.9. The van der Waals surface area contributed by atoms with Crippen molar-refractivity contribution in [1.29, 1.82) is 0 Å². The van der Waals surface area contributed by atoms with Crippen molar-refractivity contribution < 1.29 is 43.3 Å². The average molecular weight is 1290 g/mol. The third-order valence-electron chi connectivity index (χ3n) is 18.2. The number of hydrogen-bond acceptors (Lipinski definition) is 19. The van der Waals surface area contributed by atoms with Crippen molar-refractivity contribution in [3.63, 3.8) is 0 Å². The van der Waals surface area contributed by atoms with Crippen LogP contribution in [0.25, 0.3) is 20.7 Å². The SMILES string of the molecule is Cc1ncsc1-c1ccc([C@H](C)NC2OC2[C@@H]2C[C@@H](O)CN2C(=O)[C@@H](NC(=O)C2CCC(C(=O)N3CCN(CC#Cc4ccc(OCCCc5sc(N6CCCc7c6nnc(Nc6nc8ccccc8s6)c7C)nc5C(=O)O)c(F)c4)CC3)CC2)C(C)(C)C)cc1. The van der Waals surface area contributed by atoms with Crippen molar-refractivity contribution >= 4 is 89.8 Å². The van der Waals surface area contributed by atoms with Crippen molar-refractivity contribution in [2.45, 2.75) is 136 Å². The molecule has 478 valence electrons. The molecule has 1 saturated carbocycles. The second kappa shape index (κ2) is 27.4. The van der Waals surface area contributed by atoms with E-state index in [0.717, 1.165) is 61.0 Å². The number of benzene rings is 3. The van der Waals surface area contributed by atoms with E-state index in [1.807, 2.05) is 74.2 Å². The van der Waals surface area contributed by atoms with Gasteiger partial charge < -0.3 is 45.0 Å². The number of fused-ring (bicyclic) bond motifs is 2. The highest BCUT2D eigenvalue weighted by molar-refractivity contribution is 7.22. The van der Waals surface area contributed by atoms with Gasteiger partial charge in [-0.05, 0) is 125 Å². The van der Waals surface area contributed by atoms with Gasteiger partial charge in [0.25, 0.3) is 0 Å². The van der Waals surface area contributed by atoms with Crippen molar-refractivity contribution in [2.24, 2.45) is 17.3 Å². The first-order valence-corrected chi connectivity index (χ1v) is 34.0. The molecule has 24 heteroatoms. The second-order valence-electron chi connectivity index (χ2n) is 25.5. The number of thiazole rings is 3. The van der Waals surface area contributed by atoms with Gasteiger partial charge in [-0.25, -0.2) is 24.1 Å². The third-order valence-corrected chi connectivity index (χ3v) is 21.2. The van der Waals surface area contributed by atoms with Gasteiger partial charge in [0.05, 0.1) is 51.6 Å². The van der Waals surface area contributed by atoms with Crippen LogP contribution in [0.5, 0.6) is 5.75 Å². The van der Waals surface area contributed by atoms with Crippen LogP contribution in [0.3, 0.4) is 0 Å². The van der Waals surface area contributed by atoms with Gasteiger partial charge in [-0.15, -0.1) is 32.9 Å². The van der Waals surface area contributed by atoms with Gasteiger partial charge in [0.2, 0.25) is 17.7 Å². The maximum atomic E-state index is 15.4. The molecule has 20 nitrogen and oxygen atoms in total. The number of carbonyl (C=O) groups excluding carboxylic acids is 3. The zero-order valence-corrected chi connectivity index (χ0v) is 54.5. The van der Waals surface area contributed by atoms with Gasteiger partial charge in [-0.3, -0.25) is 24.6 Å². The fourth-order valence-corrected chi connectivity index (χ4v) is 15.7. The lowest BCUT2D eigenvalue weighted by atomic mass is 9.79. The molecule has 4 aliphatic heterocycles. The van der Waals surface area contributed by atoms with Crippen molar-refractivity contribution in [2.75, 3.05) is 62.6 Å². The Morgan fingerprint density at radius 2 is 1.70 bits per heavy atom. The van der Waals surface area contributed by atoms with E-state index in [1.54, 1.807) is 39.7 Å².